The van der Waals surface area contributed by atoms with E-state index < -0.39 is 0 Å². The first-order valence-corrected chi connectivity index (χ1v) is 6.56. The lowest BCUT2D eigenvalue weighted by atomic mass is 10.2. The highest BCUT2D eigenvalue weighted by molar-refractivity contribution is 5.13. The standard InChI is InChI=1S/C14H22N2O/c1-3-11(2)17-10-14-5-4-12(9-16-14)8-15-13-6-7-13/h4-5,9,11,13,15H,3,6-8,10H2,1-2H3. The SMILES string of the molecule is CCC(C)OCc1ccc(CNC2CC2)cn1. The molecule has 94 valence electrons. The van der Waals surface area contributed by atoms with Crippen molar-refractivity contribution in [3.63, 3.8) is 0 Å². The van der Waals surface area contributed by atoms with E-state index in [1.54, 1.807) is 0 Å². The Balaban J connectivity index is 1.75. The minimum atomic E-state index is 0.313. The molecule has 0 aliphatic heterocycles. The van der Waals surface area contributed by atoms with E-state index in [0.29, 0.717) is 12.7 Å². The maximum absolute atomic E-state index is 5.65. The number of hydrogen-bond acceptors (Lipinski definition) is 3. The molecule has 1 aromatic heterocycles. The Morgan fingerprint density at radius 3 is 2.88 bits per heavy atom. The summed E-state index contributed by atoms with van der Waals surface area (Å²) in [6.45, 7) is 5.77. The fourth-order valence-corrected chi connectivity index (χ4v) is 1.54. The van der Waals surface area contributed by atoms with Gasteiger partial charge in [0.15, 0.2) is 0 Å². The normalized spacial score (nSPS) is 17.1. The van der Waals surface area contributed by atoms with E-state index in [4.69, 9.17) is 4.74 Å². The van der Waals surface area contributed by atoms with Crippen LogP contribution in [0.1, 0.15) is 44.4 Å². The molecule has 0 radical (unpaired) electrons. The van der Waals surface area contributed by atoms with Gasteiger partial charge in [-0.15, -0.1) is 0 Å². The summed E-state index contributed by atoms with van der Waals surface area (Å²) in [5, 5.41) is 3.48. The van der Waals surface area contributed by atoms with Crippen molar-refractivity contribution in [2.45, 2.75) is 58.4 Å². The number of ether oxygens (including phenoxy) is 1. The van der Waals surface area contributed by atoms with E-state index in [9.17, 15) is 0 Å². The summed E-state index contributed by atoms with van der Waals surface area (Å²) in [4.78, 5) is 4.42. The summed E-state index contributed by atoms with van der Waals surface area (Å²) in [7, 11) is 0. The van der Waals surface area contributed by atoms with E-state index in [2.05, 4.69) is 36.3 Å². The second-order valence-corrected chi connectivity index (χ2v) is 4.84. The zero-order valence-corrected chi connectivity index (χ0v) is 10.8. The zero-order chi connectivity index (χ0) is 12.1. The lowest BCUT2D eigenvalue weighted by molar-refractivity contribution is 0.0489. The van der Waals surface area contributed by atoms with Crippen molar-refractivity contribution in [3.05, 3.63) is 29.6 Å². The van der Waals surface area contributed by atoms with Gasteiger partial charge in [0, 0.05) is 18.8 Å². The molecule has 3 heteroatoms. The third-order valence-electron chi connectivity index (χ3n) is 3.15. The first-order valence-electron chi connectivity index (χ1n) is 6.56. The lowest BCUT2D eigenvalue weighted by Gasteiger charge is -2.10. The predicted molar refractivity (Wildman–Crippen MR) is 68.6 cm³/mol. The minimum absolute atomic E-state index is 0.313. The third-order valence-corrected chi connectivity index (χ3v) is 3.15. The topological polar surface area (TPSA) is 34.1 Å². The summed E-state index contributed by atoms with van der Waals surface area (Å²) < 4.78 is 5.65. The van der Waals surface area contributed by atoms with Gasteiger partial charge >= 0.3 is 0 Å². The van der Waals surface area contributed by atoms with Gasteiger partial charge in [0.05, 0.1) is 18.4 Å². The molecule has 1 fully saturated rings. The van der Waals surface area contributed by atoms with Gasteiger partial charge in [0.2, 0.25) is 0 Å². The van der Waals surface area contributed by atoms with Crippen molar-refractivity contribution in [2.75, 3.05) is 0 Å². The molecule has 0 spiro atoms. The second kappa shape index (κ2) is 6.12. The molecular formula is C14H22N2O. The second-order valence-electron chi connectivity index (χ2n) is 4.84. The summed E-state index contributed by atoms with van der Waals surface area (Å²) in [5.74, 6) is 0. The van der Waals surface area contributed by atoms with Crippen LogP contribution in [0.25, 0.3) is 0 Å². The number of nitrogens with one attached hydrogen (secondary N) is 1. The molecule has 0 amide bonds. The van der Waals surface area contributed by atoms with Crippen LogP contribution in [0.2, 0.25) is 0 Å². The summed E-state index contributed by atoms with van der Waals surface area (Å²) in [6.07, 6.45) is 5.96. The Morgan fingerprint density at radius 2 is 2.29 bits per heavy atom. The van der Waals surface area contributed by atoms with Crippen molar-refractivity contribution in [1.29, 1.82) is 0 Å². The van der Waals surface area contributed by atoms with E-state index in [1.165, 1.54) is 18.4 Å². The highest BCUT2D eigenvalue weighted by Crippen LogP contribution is 2.19. The molecular weight excluding hydrogens is 212 g/mol. The average Bonchev–Trinajstić information content (AvgIpc) is 3.18. The lowest BCUT2D eigenvalue weighted by Crippen LogP contribution is -2.15. The van der Waals surface area contributed by atoms with Crippen LogP contribution in [0.3, 0.4) is 0 Å². The molecule has 3 nitrogen and oxygen atoms in total. The van der Waals surface area contributed by atoms with Gasteiger partial charge in [-0.05, 0) is 37.8 Å². The molecule has 1 aliphatic carbocycles. The maximum Gasteiger partial charge on any atom is 0.0891 e. The molecule has 1 saturated carbocycles. The smallest absolute Gasteiger partial charge is 0.0891 e. The third kappa shape index (κ3) is 4.44. The summed E-state index contributed by atoms with van der Waals surface area (Å²) in [6, 6.07) is 4.95. The Bertz CT molecular complexity index is 333. The van der Waals surface area contributed by atoms with Gasteiger partial charge in [-0.3, -0.25) is 4.98 Å². The van der Waals surface area contributed by atoms with Gasteiger partial charge in [0.25, 0.3) is 0 Å². The van der Waals surface area contributed by atoms with Crippen molar-refractivity contribution < 1.29 is 4.74 Å². The number of hydrogen-bond donors (Lipinski definition) is 1. The van der Waals surface area contributed by atoms with Crippen LogP contribution < -0.4 is 5.32 Å². The first kappa shape index (κ1) is 12.5. The Hall–Kier alpha value is -0.930. The van der Waals surface area contributed by atoms with Gasteiger partial charge in [0.1, 0.15) is 0 Å². The van der Waals surface area contributed by atoms with Crippen molar-refractivity contribution >= 4 is 0 Å². The van der Waals surface area contributed by atoms with Gasteiger partial charge in [-0.2, -0.15) is 0 Å². The van der Waals surface area contributed by atoms with Crippen LogP contribution in [-0.2, 0) is 17.9 Å². The van der Waals surface area contributed by atoms with Crippen LogP contribution in [0.15, 0.2) is 18.3 Å². The number of pyridine rings is 1. The first-order chi connectivity index (χ1) is 8.28. The molecule has 1 aromatic rings. The molecule has 1 aliphatic rings. The van der Waals surface area contributed by atoms with Crippen LogP contribution in [0.5, 0.6) is 0 Å². The van der Waals surface area contributed by atoms with Crippen molar-refractivity contribution in [2.24, 2.45) is 0 Å². The van der Waals surface area contributed by atoms with Crippen LogP contribution in [0.4, 0.5) is 0 Å². The quantitative estimate of drug-likeness (QED) is 0.787. The van der Waals surface area contributed by atoms with Gasteiger partial charge < -0.3 is 10.1 Å². The van der Waals surface area contributed by atoms with E-state index >= 15 is 0 Å². The van der Waals surface area contributed by atoms with Crippen molar-refractivity contribution in [1.82, 2.24) is 10.3 Å². The van der Waals surface area contributed by atoms with Crippen molar-refractivity contribution in [3.8, 4) is 0 Å². The number of nitrogens with zero attached hydrogens (tertiary/aromatic N) is 1. The van der Waals surface area contributed by atoms with Crippen LogP contribution in [-0.4, -0.2) is 17.1 Å². The zero-order valence-electron chi connectivity index (χ0n) is 10.8. The van der Waals surface area contributed by atoms with E-state index in [-0.39, 0.29) is 0 Å². The molecule has 1 heterocycles. The molecule has 0 saturated heterocycles. The molecule has 17 heavy (non-hydrogen) atoms. The molecule has 2 rings (SSSR count). The van der Waals surface area contributed by atoms with Crippen LogP contribution >= 0.6 is 0 Å². The van der Waals surface area contributed by atoms with Gasteiger partial charge in [-0.1, -0.05) is 13.0 Å². The number of rotatable bonds is 7. The fraction of sp³-hybridized carbons (Fsp3) is 0.643. The van der Waals surface area contributed by atoms with Gasteiger partial charge in [-0.25, -0.2) is 0 Å². The largest absolute Gasteiger partial charge is 0.372 e. The Kier molecular flexibility index (Phi) is 4.51. The maximum atomic E-state index is 5.65. The van der Waals surface area contributed by atoms with Crippen LogP contribution in [0, 0.1) is 0 Å². The molecule has 1 N–H and O–H groups in total. The molecule has 0 aromatic carbocycles. The minimum Gasteiger partial charge on any atom is -0.372 e. The highest BCUT2D eigenvalue weighted by Gasteiger charge is 2.19. The monoisotopic (exact) mass is 234 g/mol. The summed E-state index contributed by atoms with van der Waals surface area (Å²) >= 11 is 0. The van der Waals surface area contributed by atoms with E-state index in [1.807, 2.05) is 6.20 Å². The Labute approximate surface area is 104 Å². The molecule has 1 unspecified atom stereocenters. The average molecular weight is 234 g/mol. The summed E-state index contributed by atoms with van der Waals surface area (Å²) in [5.41, 5.74) is 2.27. The fourth-order valence-electron chi connectivity index (χ4n) is 1.54. The predicted octanol–water partition coefficient (Wildman–Crippen LogP) is 2.65. The molecule has 1 atom stereocenters. The Morgan fingerprint density at radius 1 is 1.47 bits per heavy atom. The highest BCUT2D eigenvalue weighted by atomic mass is 16.5. The molecule has 0 bridgehead atoms. The number of aromatic nitrogens is 1. The van der Waals surface area contributed by atoms with E-state index in [0.717, 1.165) is 24.7 Å².